The van der Waals surface area contributed by atoms with Gasteiger partial charge in [-0.2, -0.15) is 0 Å². The lowest BCUT2D eigenvalue weighted by Gasteiger charge is -2.18. The maximum Gasteiger partial charge on any atom is 0.134 e. The quantitative estimate of drug-likeness (QED) is 0.856. The molecule has 0 unspecified atom stereocenters. The van der Waals surface area contributed by atoms with Crippen LogP contribution >= 0.6 is 0 Å². The first kappa shape index (κ1) is 15.7. The predicted octanol–water partition coefficient (Wildman–Crippen LogP) is 3.50. The lowest BCUT2D eigenvalue weighted by Crippen LogP contribution is -2.33. The van der Waals surface area contributed by atoms with Gasteiger partial charge in [0.2, 0.25) is 0 Å². The van der Waals surface area contributed by atoms with Crippen LogP contribution in [0.2, 0.25) is 0 Å². The molecular weight excluding hydrogens is 269 g/mol. The molecule has 1 aromatic carbocycles. The number of nitrogens with one attached hydrogen (secondary N) is 1. The fraction of sp³-hybridized carbons (Fsp3) is 0.412. The van der Waals surface area contributed by atoms with Gasteiger partial charge in [0.1, 0.15) is 17.3 Å². The second kappa shape index (κ2) is 6.87. The zero-order valence-electron chi connectivity index (χ0n) is 12.7. The number of rotatable bonds is 6. The van der Waals surface area contributed by atoms with Gasteiger partial charge in [0.15, 0.2) is 0 Å². The highest BCUT2D eigenvalue weighted by atomic mass is 19.1. The minimum atomic E-state index is -0.228. The van der Waals surface area contributed by atoms with Crippen molar-refractivity contribution < 1.29 is 13.9 Å². The molecule has 2 rings (SSSR count). The van der Waals surface area contributed by atoms with E-state index in [-0.39, 0.29) is 24.4 Å². The molecule has 114 valence electrons. The molecule has 2 atom stereocenters. The predicted molar refractivity (Wildman–Crippen MR) is 81.4 cm³/mol. The van der Waals surface area contributed by atoms with E-state index >= 15 is 0 Å². The van der Waals surface area contributed by atoms with Crippen LogP contribution in [0.15, 0.2) is 34.7 Å². The lowest BCUT2D eigenvalue weighted by atomic mass is 10.1. The first-order valence-electron chi connectivity index (χ1n) is 7.21. The molecule has 0 aliphatic carbocycles. The molecular formula is C17H22FNO2. The molecule has 0 saturated carbocycles. The normalized spacial score (nSPS) is 14.1. The Bertz CT molecular complexity index is 594. The molecule has 0 aliphatic rings. The zero-order valence-corrected chi connectivity index (χ0v) is 12.7. The van der Waals surface area contributed by atoms with Gasteiger partial charge >= 0.3 is 0 Å². The molecule has 0 radical (unpaired) electrons. The van der Waals surface area contributed by atoms with Crippen molar-refractivity contribution in [3.8, 4) is 11.3 Å². The molecule has 0 saturated heterocycles. The minimum Gasteiger partial charge on any atom is -0.460 e. The van der Waals surface area contributed by atoms with Crippen molar-refractivity contribution in [3.63, 3.8) is 0 Å². The van der Waals surface area contributed by atoms with Gasteiger partial charge in [-0.1, -0.05) is 19.1 Å². The Hall–Kier alpha value is -1.65. The van der Waals surface area contributed by atoms with Crippen LogP contribution < -0.4 is 5.32 Å². The van der Waals surface area contributed by atoms with Crippen LogP contribution in [0, 0.1) is 18.7 Å². The van der Waals surface area contributed by atoms with Crippen molar-refractivity contribution in [1.82, 2.24) is 5.32 Å². The average molecular weight is 291 g/mol. The van der Waals surface area contributed by atoms with Gasteiger partial charge in [-0.25, -0.2) is 4.39 Å². The summed E-state index contributed by atoms with van der Waals surface area (Å²) in [7, 11) is 0. The number of hydrogen-bond donors (Lipinski definition) is 2. The van der Waals surface area contributed by atoms with Crippen LogP contribution in [-0.2, 0) is 6.54 Å². The SMILES string of the molecule is Cc1c(F)cccc1-c1ccc(CN[C@@H](C)[C@H](C)CO)o1. The molecule has 0 fully saturated rings. The Kier molecular flexibility index (Phi) is 5.15. The van der Waals surface area contributed by atoms with Crippen molar-refractivity contribution in [2.24, 2.45) is 5.92 Å². The number of halogens is 1. The highest BCUT2D eigenvalue weighted by Gasteiger charge is 2.13. The highest BCUT2D eigenvalue weighted by Crippen LogP contribution is 2.27. The zero-order chi connectivity index (χ0) is 15.4. The maximum absolute atomic E-state index is 13.6. The molecule has 21 heavy (non-hydrogen) atoms. The van der Waals surface area contributed by atoms with Crippen LogP contribution in [0.25, 0.3) is 11.3 Å². The van der Waals surface area contributed by atoms with Gasteiger partial charge in [-0.3, -0.25) is 0 Å². The number of benzene rings is 1. The van der Waals surface area contributed by atoms with Crippen molar-refractivity contribution in [3.05, 3.63) is 47.5 Å². The van der Waals surface area contributed by atoms with Gasteiger partial charge in [-0.15, -0.1) is 0 Å². The number of hydrogen-bond acceptors (Lipinski definition) is 3. The second-order valence-corrected chi connectivity index (χ2v) is 5.51. The van der Waals surface area contributed by atoms with Crippen molar-refractivity contribution in [2.75, 3.05) is 6.61 Å². The smallest absolute Gasteiger partial charge is 0.134 e. The summed E-state index contributed by atoms with van der Waals surface area (Å²) in [5.41, 5.74) is 1.37. The first-order chi connectivity index (χ1) is 10.0. The largest absolute Gasteiger partial charge is 0.460 e. The summed E-state index contributed by atoms with van der Waals surface area (Å²) in [6.45, 7) is 6.50. The first-order valence-corrected chi connectivity index (χ1v) is 7.21. The van der Waals surface area contributed by atoms with Crippen LogP contribution in [0.1, 0.15) is 25.2 Å². The maximum atomic E-state index is 13.6. The van der Waals surface area contributed by atoms with E-state index in [0.717, 1.165) is 11.3 Å². The number of furan rings is 1. The monoisotopic (exact) mass is 291 g/mol. The minimum absolute atomic E-state index is 0.153. The van der Waals surface area contributed by atoms with E-state index in [1.807, 2.05) is 32.0 Å². The van der Waals surface area contributed by atoms with Gasteiger partial charge in [0.05, 0.1) is 6.54 Å². The summed E-state index contributed by atoms with van der Waals surface area (Å²) < 4.78 is 19.4. The van der Waals surface area contributed by atoms with Crippen LogP contribution in [0.4, 0.5) is 4.39 Å². The molecule has 2 N–H and O–H groups in total. The van der Waals surface area contributed by atoms with E-state index in [9.17, 15) is 4.39 Å². The molecule has 0 bridgehead atoms. The molecule has 4 heteroatoms. The van der Waals surface area contributed by atoms with Gasteiger partial charge in [-0.05, 0) is 43.5 Å². The van der Waals surface area contributed by atoms with Gasteiger partial charge in [0, 0.05) is 18.2 Å². The third-order valence-corrected chi connectivity index (χ3v) is 3.93. The third kappa shape index (κ3) is 3.71. The van der Waals surface area contributed by atoms with Crippen LogP contribution in [0.3, 0.4) is 0 Å². The Morgan fingerprint density at radius 3 is 2.71 bits per heavy atom. The Balaban J connectivity index is 2.06. The Morgan fingerprint density at radius 2 is 2.00 bits per heavy atom. The second-order valence-electron chi connectivity index (χ2n) is 5.51. The fourth-order valence-corrected chi connectivity index (χ4v) is 2.11. The number of aliphatic hydroxyl groups is 1. The molecule has 1 aromatic heterocycles. The van der Waals surface area contributed by atoms with E-state index in [2.05, 4.69) is 5.32 Å². The molecule has 0 aliphatic heterocycles. The Morgan fingerprint density at radius 1 is 1.24 bits per heavy atom. The molecule has 1 heterocycles. The standard InChI is InChI=1S/C17H22FNO2/c1-11(10-20)13(3)19-9-14-7-8-17(21-14)15-5-4-6-16(18)12(15)2/h4-8,11,13,19-20H,9-10H2,1-3H3/t11-,13+/m1/s1. The topological polar surface area (TPSA) is 45.4 Å². The van der Waals surface area contributed by atoms with Crippen LogP contribution in [-0.4, -0.2) is 17.8 Å². The van der Waals surface area contributed by atoms with Crippen molar-refractivity contribution >= 4 is 0 Å². The fourth-order valence-electron chi connectivity index (χ4n) is 2.11. The van der Waals surface area contributed by atoms with E-state index < -0.39 is 0 Å². The van der Waals surface area contributed by atoms with E-state index in [1.54, 1.807) is 13.0 Å². The van der Waals surface area contributed by atoms with Crippen molar-refractivity contribution in [1.29, 1.82) is 0 Å². The third-order valence-electron chi connectivity index (χ3n) is 3.93. The molecule has 0 spiro atoms. The van der Waals surface area contributed by atoms with E-state index in [1.165, 1.54) is 6.07 Å². The van der Waals surface area contributed by atoms with Crippen molar-refractivity contribution in [2.45, 2.75) is 33.4 Å². The van der Waals surface area contributed by atoms with Crippen LogP contribution in [0.5, 0.6) is 0 Å². The summed E-state index contributed by atoms with van der Waals surface area (Å²) in [5.74, 6) is 1.43. The van der Waals surface area contributed by atoms with Gasteiger partial charge < -0.3 is 14.8 Å². The molecule has 2 aromatic rings. The van der Waals surface area contributed by atoms with E-state index in [0.29, 0.717) is 17.9 Å². The summed E-state index contributed by atoms with van der Waals surface area (Å²) >= 11 is 0. The molecule has 0 amide bonds. The van der Waals surface area contributed by atoms with Gasteiger partial charge in [0.25, 0.3) is 0 Å². The highest BCUT2D eigenvalue weighted by molar-refractivity contribution is 5.62. The average Bonchev–Trinajstić information content (AvgIpc) is 2.95. The summed E-state index contributed by atoms with van der Waals surface area (Å²) in [5, 5.41) is 12.4. The number of aliphatic hydroxyl groups excluding tert-OH is 1. The summed E-state index contributed by atoms with van der Waals surface area (Å²) in [6, 6.07) is 8.93. The summed E-state index contributed by atoms with van der Waals surface area (Å²) in [6.07, 6.45) is 0. The molecule has 3 nitrogen and oxygen atoms in total. The lowest BCUT2D eigenvalue weighted by molar-refractivity contribution is 0.205. The summed E-state index contributed by atoms with van der Waals surface area (Å²) in [4.78, 5) is 0. The van der Waals surface area contributed by atoms with E-state index in [4.69, 9.17) is 9.52 Å². The Labute approximate surface area is 124 Å².